The van der Waals surface area contributed by atoms with Crippen LogP contribution in [0.25, 0.3) is 0 Å². The number of nitrogens with one attached hydrogen (secondary N) is 1. The molecule has 5 aliphatic rings. The van der Waals surface area contributed by atoms with Crippen LogP contribution in [0.15, 0.2) is 36.4 Å². The molecule has 2 aromatic carbocycles. The van der Waals surface area contributed by atoms with E-state index in [2.05, 4.69) is 40.7 Å². The van der Waals surface area contributed by atoms with Gasteiger partial charge >= 0.3 is 0 Å². The van der Waals surface area contributed by atoms with Crippen LogP contribution in [0.2, 0.25) is 5.02 Å². The Morgan fingerprint density at radius 1 is 1.00 bits per heavy atom. The number of likely N-dealkylation sites (N-methyl/N-ethyl adjacent to an activating group) is 1. The summed E-state index contributed by atoms with van der Waals surface area (Å²) in [5.74, 6) is -0.241. The van der Waals surface area contributed by atoms with Gasteiger partial charge in [0.1, 0.15) is 5.75 Å². The van der Waals surface area contributed by atoms with Crippen LogP contribution >= 0.6 is 11.6 Å². The van der Waals surface area contributed by atoms with Gasteiger partial charge in [-0.1, -0.05) is 24.6 Å². The van der Waals surface area contributed by atoms with Crippen LogP contribution in [0.3, 0.4) is 0 Å². The molecule has 48 heavy (non-hydrogen) atoms. The summed E-state index contributed by atoms with van der Waals surface area (Å²) < 4.78 is 49.6. The number of sulfonamides is 1. The normalized spacial score (nSPS) is 35.2. The molecule has 2 aromatic rings. The van der Waals surface area contributed by atoms with Gasteiger partial charge in [-0.25, -0.2) is 13.1 Å². The smallest absolute Gasteiger partial charge is 0.264 e. The van der Waals surface area contributed by atoms with Gasteiger partial charge in [-0.15, -0.1) is 0 Å². The van der Waals surface area contributed by atoms with Crippen LogP contribution in [0.1, 0.15) is 80.3 Å². The van der Waals surface area contributed by atoms with Crippen molar-refractivity contribution < 1.29 is 27.4 Å². The second kappa shape index (κ2) is 13.1. The minimum atomic E-state index is -3.92. The molecule has 1 N–H and O–H groups in total. The topological polar surface area (TPSA) is 97.4 Å². The Hall–Kier alpha value is -2.37. The summed E-state index contributed by atoms with van der Waals surface area (Å²) in [4.78, 5) is 18.1. The lowest BCUT2D eigenvalue weighted by atomic mass is 9.66. The average molecular weight is 700 g/mol. The van der Waals surface area contributed by atoms with E-state index < -0.39 is 27.0 Å². The predicted molar refractivity (Wildman–Crippen MR) is 187 cm³/mol. The summed E-state index contributed by atoms with van der Waals surface area (Å²) in [5, 5.41) is 0.00279. The minimum Gasteiger partial charge on any atom is -0.490 e. The number of nitrogens with zero attached hydrogens (tertiary/aromatic N) is 2. The van der Waals surface area contributed by atoms with Gasteiger partial charge in [0, 0.05) is 41.4 Å². The second-order valence-corrected chi connectivity index (χ2v) is 17.8. The molecule has 1 amide bonds. The molecule has 2 fully saturated rings. The number of carbonyl (C=O) groups is 1. The zero-order valence-electron chi connectivity index (χ0n) is 28.7. The number of aryl methyl sites for hydroxylation is 1. The van der Waals surface area contributed by atoms with Crippen LogP contribution in [0, 0.1) is 17.8 Å². The van der Waals surface area contributed by atoms with E-state index in [-0.39, 0.29) is 23.3 Å². The number of ether oxygens (including phenoxy) is 3. The quantitative estimate of drug-likeness (QED) is 0.400. The zero-order valence-corrected chi connectivity index (χ0v) is 30.2. The maximum atomic E-state index is 13.5. The van der Waals surface area contributed by atoms with Gasteiger partial charge < -0.3 is 24.0 Å². The average Bonchev–Trinajstić information content (AvgIpc) is 3.19. The van der Waals surface area contributed by atoms with Crippen LogP contribution < -0.4 is 14.4 Å². The molecule has 2 bridgehead atoms. The molecule has 3 aliphatic heterocycles. The van der Waals surface area contributed by atoms with E-state index in [1.54, 1.807) is 13.0 Å². The summed E-state index contributed by atoms with van der Waals surface area (Å²) in [7, 11) is 0.199. The number of amides is 1. The molecular formula is C37H50ClN3O6S. The molecule has 7 rings (SSSR count). The Kier molecular flexibility index (Phi) is 9.28. The van der Waals surface area contributed by atoms with Crippen LogP contribution in [0.5, 0.6) is 5.75 Å². The highest BCUT2D eigenvalue weighted by molar-refractivity contribution is 7.90. The lowest BCUT2D eigenvalue weighted by Gasteiger charge is -2.54. The number of fused-ring (bicyclic) bond motifs is 5. The summed E-state index contributed by atoms with van der Waals surface area (Å²) >= 11 is 6.46. The van der Waals surface area contributed by atoms with Crippen LogP contribution in [-0.4, -0.2) is 83.3 Å². The fourth-order valence-electron chi connectivity index (χ4n) is 8.80. The number of hydrogen-bond donors (Lipinski definition) is 1. The zero-order chi connectivity index (χ0) is 33.8. The molecule has 2 spiro atoms. The van der Waals surface area contributed by atoms with Gasteiger partial charge in [0.2, 0.25) is 10.0 Å². The van der Waals surface area contributed by atoms with E-state index >= 15 is 0 Å². The van der Waals surface area contributed by atoms with Crippen molar-refractivity contribution in [3.63, 3.8) is 0 Å². The molecule has 9 nitrogen and oxygen atoms in total. The van der Waals surface area contributed by atoms with Gasteiger partial charge in [0.05, 0.1) is 36.8 Å². The number of anilines is 1. The van der Waals surface area contributed by atoms with Crippen molar-refractivity contribution in [1.82, 2.24) is 9.62 Å². The standard InChI is InChI=1S/C37H50ClN3O6S/c1-24-7-5-16-37(46-20-30(21-47-37)40(3)4)32-12-9-28(32)19-41-22-36(15-6-8-26-17-29(38)11-13-31(26)36)23-45-34-14-10-27(18-33(34)41)35(42)39-48(43,44)25(24)2/h10-11,13-14,17-18,24-25,28,30,32H,5-9,12,15-16,19-23H2,1-4H3,(H,39,42)/t24-,25+,28-,30-,32+,36-,37-/m0/s1. The summed E-state index contributed by atoms with van der Waals surface area (Å²) in [6.07, 6.45) is 7.24. The third-order valence-corrected chi connectivity index (χ3v) is 14.4. The third kappa shape index (κ3) is 6.25. The van der Waals surface area contributed by atoms with E-state index in [4.69, 9.17) is 25.8 Å². The van der Waals surface area contributed by atoms with E-state index in [1.807, 2.05) is 25.1 Å². The third-order valence-electron chi connectivity index (χ3n) is 12.2. The van der Waals surface area contributed by atoms with Gasteiger partial charge in [-0.05, 0) is 119 Å². The van der Waals surface area contributed by atoms with Gasteiger partial charge in [-0.3, -0.25) is 4.79 Å². The summed E-state index contributed by atoms with van der Waals surface area (Å²) in [6, 6.07) is 11.8. The first-order chi connectivity index (χ1) is 22.9. The number of benzene rings is 2. The lowest BCUT2D eigenvalue weighted by molar-refractivity contribution is -0.329. The van der Waals surface area contributed by atoms with Gasteiger partial charge in [-0.2, -0.15) is 0 Å². The van der Waals surface area contributed by atoms with Crippen molar-refractivity contribution in [1.29, 1.82) is 0 Å². The Morgan fingerprint density at radius 2 is 1.79 bits per heavy atom. The van der Waals surface area contributed by atoms with Gasteiger partial charge in [0.15, 0.2) is 5.79 Å². The Balaban J connectivity index is 1.29. The first kappa shape index (κ1) is 34.1. The fourth-order valence-corrected chi connectivity index (χ4v) is 10.3. The Bertz CT molecular complexity index is 1640. The Morgan fingerprint density at radius 3 is 2.52 bits per heavy atom. The molecule has 3 heterocycles. The van der Waals surface area contributed by atoms with Crippen LogP contribution in [0.4, 0.5) is 5.69 Å². The van der Waals surface area contributed by atoms with Crippen molar-refractivity contribution in [2.75, 3.05) is 51.9 Å². The molecular weight excluding hydrogens is 650 g/mol. The molecule has 0 radical (unpaired) electrons. The minimum absolute atomic E-state index is 0.157. The van der Waals surface area contributed by atoms with Crippen molar-refractivity contribution in [3.8, 4) is 5.75 Å². The van der Waals surface area contributed by atoms with E-state index in [0.29, 0.717) is 56.4 Å². The highest BCUT2D eigenvalue weighted by Crippen LogP contribution is 2.51. The molecule has 5 atom stereocenters. The van der Waals surface area contributed by atoms with Crippen molar-refractivity contribution in [3.05, 3.63) is 58.1 Å². The summed E-state index contributed by atoms with van der Waals surface area (Å²) in [6.45, 7) is 6.84. The molecule has 0 unspecified atom stereocenters. The van der Waals surface area contributed by atoms with Crippen molar-refractivity contribution in [2.24, 2.45) is 17.8 Å². The highest BCUT2D eigenvalue weighted by Gasteiger charge is 2.53. The maximum Gasteiger partial charge on any atom is 0.264 e. The molecule has 11 heteroatoms. The fraction of sp³-hybridized carbons (Fsp3) is 0.649. The van der Waals surface area contributed by atoms with E-state index in [1.165, 1.54) is 11.1 Å². The first-order valence-electron chi connectivity index (χ1n) is 17.7. The second-order valence-electron chi connectivity index (χ2n) is 15.3. The van der Waals surface area contributed by atoms with Crippen molar-refractivity contribution in [2.45, 2.75) is 87.7 Å². The SMILES string of the molecule is C[C@@H]1[C@@H](C)CCC[C@]2(OC[C@@H](N(C)C)CO2)[C@@H]2CC[C@H]2CN2C[C@@]3(CCCc4cc(Cl)ccc43)COc3ccc(cc32)C(=O)NS1(=O)=O. The summed E-state index contributed by atoms with van der Waals surface area (Å²) in [5.41, 5.74) is 3.42. The molecule has 2 aliphatic carbocycles. The van der Waals surface area contributed by atoms with E-state index in [0.717, 1.165) is 55.8 Å². The number of hydrogen-bond acceptors (Lipinski definition) is 8. The largest absolute Gasteiger partial charge is 0.490 e. The number of rotatable bonds is 1. The van der Waals surface area contributed by atoms with Crippen LogP contribution in [-0.2, 0) is 31.3 Å². The lowest BCUT2D eigenvalue weighted by Crippen LogP contribution is -2.59. The van der Waals surface area contributed by atoms with Crippen molar-refractivity contribution >= 4 is 33.2 Å². The number of halogens is 1. The highest BCUT2D eigenvalue weighted by atomic mass is 35.5. The maximum absolute atomic E-state index is 13.5. The molecule has 1 saturated heterocycles. The molecule has 0 aromatic heterocycles. The molecule has 1 saturated carbocycles. The van der Waals surface area contributed by atoms with E-state index in [9.17, 15) is 13.2 Å². The predicted octanol–water partition coefficient (Wildman–Crippen LogP) is 5.78. The Labute approximate surface area is 290 Å². The van der Waals surface area contributed by atoms with Gasteiger partial charge in [0.25, 0.3) is 5.91 Å². The first-order valence-corrected chi connectivity index (χ1v) is 19.6. The molecule has 262 valence electrons. The monoisotopic (exact) mass is 699 g/mol. The number of carbonyl (C=O) groups excluding carboxylic acids is 1.